The zero-order valence-corrected chi connectivity index (χ0v) is 9.63. The molecule has 1 heterocycles. The summed E-state index contributed by atoms with van der Waals surface area (Å²) >= 11 is 0. The van der Waals surface area contributed by atoms with Crippen LogP contribution in [0, 0.1) is 11.6 Å². The second-order valence-corrected chi connectivity index (χ2v) is 5.01. The number of nitrogen functional groups attached to an aromatic ring is 1. The van der Waals surface area contributed by atoms with E-state index in [4.69, 9.17) is 5.73 Å². The Morgan fingerprint density at radius 1 is 1.28 bits per heavy atom. The van der Waals surface area contributed by atoms with Crippen LogP contribution >= 0.6 is 0 Å². The van der Waals surface area contributed by atoms with E-state index in [2.05, 4.69) is 10.2 Å². The molecule has 0 fully saturated rings. The third-order valence-electron chi connectivity index (χ3n) is 2.03. The van der Waals surface area contributed by atoms with Gasteiger partial charge in [0, 0.05) is 11.8 Å². The molecule has 0 aliphatic rings. The van der Waals surface area contributed by atoms with E-state index in [-0.39, 0.29) is 11.5 Å². The van der Waals surface area contributed by atoms with Gasteiger partial charge in [0.15, 0.2) is 4.90 Å². The summed E-state index contributed by atoms with van der Waals surface area (Å²) in [6.45, 7) is 0. The number of aromatic amines is 1. The number of halogens is 2. The first-order valence-corrected chi connectivity index (χ1v) is 6.15. The Kier molecular flexibility index (Phi) is 2.91. The van der Waals surface area contributed by atoms with Gasteiger partial charge in [0.25, 0.3) is 10.0 Å². The first-order chi connectivity index (χ1) is 8.40. The molecule has 9 heteroatoms. The number of H-pyrrole nitrogens is 1. The van der Waals surface area contributed by atoms with Crippen molar-refractivity contribution in [3.05, 3.63) is 36.0 Å². The SMILES string of the molecule is Nc1cc(F)c(S(=O)(=O)Nc2ccn[nH]2)c(F)c1. The van der Waals surface area contributed by atoms with Crippen LogP contribution in [0.15, 0.2) is 29.3 Å². The Bertz CT molecular complexity index is 647. The molecule has 0 bridgehead atoms. The molecular weight excluding hydrogens is 266 g/mol. The van der Waals surface area contributed by atoms with Crippen LogP contribution < -0.4 is 10.5 Å². The van der Waals surface area contributed by atoms with Gasteiger partial charge in [-0.1, -0.05) is 0 Å². The van der Waals surface area contributed by atoms with Crippen molar-refractivity contribution in [2.75, 3.05) is 10.5 Å². The van der Waals surface area contributed by atoms with Crippen LogP contribution in [-0.2, 0) is 10.0 Å². The van der Waals surface area contributed by atoms with Crippen molar-refractivity contribution in [3.63, 3.8) is 0 Å². The van der Waals surface area contributed by atoms with Crippen LogP contribution in [0.2, 0.25) is 0 Å². The molecule has 96 valence electrons. The minimum atomic E-state index is -4.39. The predicted octanol–water partition coefficient (Wildman–Crippen LogP) is 1.07. The predicted molar refractivity (Wildman–Crippen MR) is 60.2 cm³/mol. The molecule has 0 aliphatic carbocycles. The molecule has 0 amide bonds. The number of anilines is 2. The molecule has 0 saturated carbocycles. The fourth-order valence-electron chi connectivity index (χ4n) is 1.34. The maximum atomic E-state index is 13.5. The van der Waals surface area contributed by atoms with Gasteiger partial charge >= 0.3 is 0 Å². The van der Waals surface area contributed by atoms with Crippen LogP contribution in [0.1, 0.15) is 0 Å². The zero-order chi connectivity index (χ0) is 13.3. The van der Waals surface area contributed by atoms with E-state index >= 15 is 0 Å². The van der Waals surface area contributed by atoms with Crippen molar-refractivity contribution < 1.29 is 17.2 Å². The molecule has 4 N–H and O–H groups in total. The van der Waals surface area contributed by atoms with Crippen LogP contribution in [-0.4, -0.2) is 18.6 Å². The topological polar surface area (TPSA) is 101 Å². The highest BCUT2D eigenvalue weighted by molar-refractivity contribution is 7.92. The van der Waals surface area contributed by atoms with Crippen molar-refractivity contribution in [2.24, 2.45) is 0 Å². The van der Waals surface area contributed by atoms with Crippen molar-refractivity contribution in [2.45, 2.75) is 4.90 Å². The number of nitrogens with two attached hydrogens (primary N) is 1. The van der Waals surface area contributed by atoms with E-state index < -0.39 is 26.6 Å². The van der Waals surface area contributed by atoms with Gasteiger partial charge in [-0.25, -0.2) is 17.2 Å². The monoisotopic (exact) mass is 274 g/mol. The lowest BCUT2D eigenvalue weighted by Gasteiger charge is -2.08. The molecule has 1 aromatic heterocycles. The number of hydrogen-bond acceptors (Lipinski definition) is 4. The minimum Gasteiger partial charge on any atom is -0.399 e. The number of nitrogens with one attached hydrogen (secondary N) is 2. The average Bonchev–Trinajstić information content (AvgIpc) is 2.66. The van der Waals surface area contributed by atoms with Crippen molar-refractivity contribution in [1.29, 1.82) is 0 Å². The summed E-state index contributed by atoms with van der Waals surface area (Å²) < 4.78 is 52.4. The van der Waals surface area contributed by atoms with E-state index in [9.17, 15) is 17.2 Å². The summed E-state index contributed by atoms with van der Waals surface area (Å²) in [5.74, 6) is -2.54. The maximum absolute atomic E-state index is 13.5. The van der Waals surface area contributed by atoms with Crippen LogP contribution in [0.4, 0.5) is 20.3 Å². The first-order valence-electron chi connectivity index (χ1n) is 4.67. The normalized spacial score (nSPS) is 11.4. The molecule has 0 radical (unpaired) electrons. The molecule has 0 unspecified atom stereocenters. The second kappa shape index (κ2) is 4.26. The summed E-state index contributed by atoms with van der Waals surface area (Å²) in [6, 6.07) is 2.75. The lowest BCUT2D eigenvalue weighted by atomic mass is 10.3. The van der Waals surface area contributed by atoms with Gasteiger partial charge in [0.05, 0.1) is 6.20 Å². The molecule has 0 saturated heterocycles. The number of nitrogens with zero attached hydrogens (tertiary/aromatic N) is 1. The van der Waals surface area contributed by atoms with Crippen molar-refractivity contribution in [1.82, 2.24) is 10.2 Å². The summed E-state index contributed by atoms with van der Waals surface area (Å²) in [5, 5.41) is 5.80. The summed E-state index contributed by atoms with van der Waals surface area (Å²) in [7, 11) is -4.39. The smallest absolute Gasteiger partial charge is 0.268 e. The summed E-state index contributed by atoms with van der Waals surface area (Å²) in [6.07, 6.45) is 1.29. The van der Waals surface area contributed by atoms with Gasteiger partial charge in [-0.05, 0) is 12.1 Å². The second-order valence-electron chi connectivity index (χ2n) is 3.39. The lowest BCUT2D eigenvalue weighted by Crippen LogP contribution is -2.17. The van der Waals surface area contributed by atoms with Crippen LogP contribution in [0.25, 0.3) is 0 Å². The quantitative estimate of drug-likeness (QED) is 0.729. The highest BCUT2D eigenvalue weighted by Gasteiger charge is 2.25. The zero-order valence-electron chi connectivity index (χ0n) is 8.81. The molecule has 6 nitrogen and oxygen atoms in total. The number of rotatable bonds is 3. The Morgan fingerprint density at radius 2 is 1.89 bits per heavy atom. The number of benzene rings is 1. The van der Waals surface area contributed by atoms with E-state index in [0.717, 1.165) is 12.1 Å². The number of hydrogen-bond donors (Lipinski definition) is 3. The number of sulfonamides is 1. The Hall–Kier alpha value is -2.16. The van der Waals surface area contributed by atoms with E-state index in [1.165, 1.54) is 12.3 Å². The molecule has 0 atom stereocenters. The minimum absolute atomic E-state index is 0.00868. The van der Waals surface area contributed by atoms with Gasteiger partial charge in [0.1, 0.15) is 17.5 Å². The van der Waals surface area contributed by atoms with E-state index in [1.807, 2.05) is 4.72 Å². The van der Waals surface area contributed by atoms with Gasteiger partial charge in [-0.2, -0.15) is 5.10 Å². The van der Waals surface area contributed by atoms with Crippen molar-refractivity contribution >= 4 is 21.5 Å². The van der Waals surface area contributed by atoms with E-state index in [1.54, 1.807) is 0 Å². The largest absolute Gasteiger partial charge is 0.399 e. The molecule has 1 aromatic carbocycles. The fourth-order valence-corrected chi connectivity index (χ4v) is 2.48. The van der Waals surface area contributed by atoms with Crippen molar-refractivity contribution in [3.8, 4) is 0 Å². The highest BCUT2D eigenvalue weighted by Crippen LogP contribution is 2.23. The molecule has 2 aromatic rings. The third kappa shape index (κ3) is 2.25. The maximum Gasteiger partial charge on any atom is 0.268 e. The van der Waals surface area contributed by atoms with E-state index in [0.29, 0.717) is 0 Å². The van der Waals surface area contributed by atoms with Gasteiger partial charge in [-0.3, -0.25) is 9.82 Å². The summed E-state index contributed by atoms with van der Waals surface area (Å²) in [5.41, 5.74) is 4.99. The Labute approximate surface area is 101 Å². The average molecular weight is 274 g/mol. The van der Waals surface area contributed by atoms with Gasteiger partial charge in [-0.15, -0.1) is 0 Å². The highest BCUT2D eigenvalue weighted by atomic mass is 32.2. The third-order valence-corrected chi connectivity index (χ3v) is 3.45. The first kappa shape index (κ1) is 12.3. The molecule has 0 aliphatic heterocycles. The standard InChI is InChI=1S/C9H8F2N4O2S/c10-6-3-5(12)4-7(11)9(6)18(16,17)15-8-1-2-13-14-8/h1-4H,12H2,(H2,13,14,15). The molecule has 18 heavy (non-hydrogen) atoms. The fraction of sp³-hybridized carbons (Fsp3) is 0. The molecule has 0 spiro atoms. The van der Waals surface area contributed by atoms with Crippen LogP contribution in [0.3, 0.4) is 0 Å². The Morgan fingerprint density at radius 3 is 2.39 bits per heavy atom. The molecular formula is C9H8F2N4O2S. The summed E-state index contributed by atoms with van der Waals surface area (Å²) in [4.78, 5) is -1.09. The van der Waals surface area contributed by atoms with Crippen LogP contribution in [0.5, 0.6) is 0 Å². The van der Waals surface area contributed by atoms with Gasteiger partial charge < -0.3 is 5.73 Å². The van der Waals surface area contributed by atoms with Gasteiger partial charge in [0.2, 0.25) is 0 Å². The lowest BCUT2D eigenvalue weighted by molar-refractivity contribution is 0.522. The Balaban J connectivity index is 2.48. The number of aromatic nitrogens is 2. The molecule has 2 rings (SSSR count).